The van der Waals surface area contributed by atoms with Crippen LogP contribution in [0.15, 0.2) is 61.2 Å². The maximum Gasteiger partial charge on any atom is 0.216 e. The molecule has 4 bridgehead atoms. The third kappa shape index (κ3) is 8.66. The number of nitrogens with zero attached hydrogens (tertiary/aromatic N) is 3. The summed E-state index contributed by atoms with van der Waals surface area (Å²) < 4.78 is 37.6. The normalized spacial score (nSPS) is 28.9. The number of hydrogen-bond donors (Lipinski definition) is 3. The molecule has 9 nitrogen and oxygen atoms in total. The maximum atomic E-state index is 13.9. The second kappa shape index (κ2) is 14.4. The van der Waals surface area contributed by atoms with E-state index in [9.17, 15) is 8.42 Å². The highest BCUT2D eigenvalue weighted by atomic mass is 32.2. The Morgan fingerprint density at radius 2 is 1.66 bits per heavy atom. The molecule has 254 valence electrons. The predicted octanol–water partition coefficient (Wildman–Crippen LogP) is 5.81. The molecule has 47 heavy (non-hydrogen) atoms. The molecule has 5 unspecified atom stereocenters. The molecular weight excluding hydrogens is 609 g/mol. The third-order valence-electron chi connectivity index (χ3n) is 10.1. The lowest BCUT2D eigenvalue weighted by Crippen LogP contribution is -2.64. The highest BCUT2D eigenvalue weighted by Gasteiger charge is 2.39. The van der Waals surface area contributed by atoms with Gasteiger partial charge in [-0.05, 0) is 78.7 Å². The Hall–Kier alpha value is -2.73. The van der Waals surface area contributed by atoms with Crippen LogP contribution < -0.4 is 15.4 Å². The lowest BCUT2D eigenvalue weighted by atomic mass is 9.85. The van der Waals surface area contributed by atoms with Crippen molar-refractivity contribution in [2.75, 3.05) is 13.2 Å². The first-order valence-electron chi connectivity index (χ1n) is 17.2. The number of aryl methyl sites for hydroxylation is 2. The molecule has 10 heteroatoms. The zero-order valence-electron chi connectivity index (χ0n) is 28.6. The van der Waals surface area contributed by atoms with Crippen LogP contribution in [0.2, 0.25) is 0 Å². The molecule has 3 N–H and O–H groups in total. The summed E-state index contributed by atoms with van der Waals surface area (Å²) in [5, 5.41) is 6.65. The Labute approximate surface area is 281 Å². The van der Waals surface area contributed by atoms with Gasteiger partial charge in [-0.1, -0.05) is 69.7 Å². The van der Waals surface area contributed by atoms with Crippen molar-refractivity contribution in [2.24, 2.45) is 11.3 Å². The molecule has 6 atom stereocenters. The van der Waals surface area contributed by atoms with Gasteiger partial charge in [-0.25, -0.2) is 18.4 Å². The molecule has 2 aromatic carbocycles. The molecule has 2 saturated heterocycles. The summed E-state index contributed by atoms with van der Waals surface area (Å²) in [7, 11) is -3.58. The summed E-state index contributed by atoms with van der Waals surface area (Å²) in [4.78, 5) is 10.9. The molecule has 0 spiro atoms. The molecule has 3 aliphatic rings. The number of sulfonamides is 1. The monoisotopic (exact) mass is 660 g/mol. The molecule has 1 saturated carbocycles. The Bertz CT molecular complexity index is 1570. The molecule has 0 amide bonds. The minimum atomic E-state index is -3.58. The number of rotatable bonds is 5. The lowest BCUT2D eigenvalue weighted by molar-refractivity contribution is -0.0515. The fraction of sp³-hybridized carbons (Fsp3) is 0.568. The minimum absolute atomic E-state index is 0.0509. The van der Waals surface area contributed by atoms with Gasteiger partial charge in [0.2, 0.25) is 10.0 Å². The van der Waals surface area contributed by atoms with E-state index in [0.717, 1.165) is 43.5 Å². The summed E-state index contributed by atoms with van der Waals surface area (Å²) in [6.07, 6.45) is 9.26. The second-order valence-corrected chi connectivity index (χ2v) is 17.2. The Kier molecular flexibility index (Phi) is 10.5. The molecule has 6 rings (SSSR count). The average molecular weight is 661 g/mol. The number of benzene rings is 2. The van der Waals surface area contributed by atoms with Crippen molar-refractivity contribution in [1.29, 1.82) is 0 Å². The molecule has 1 aromatic heterocycles. The highest BCUT2D eigenvalue weighted by Crippen LogP contribution is 2.34. The first-order chi connectivity index (χ1) is 22.4. The van der Waals surface area contributed by atoms with Crippen molar-refractivity contribution in [3.63, 3.8) is 0 Å². The van der Waals surface area contributed by atoms with Crippen LogP contribution in [0.5, 0.6) is 0 Å². The van der Waals surface area contributed by atoms with Crippen LogP contribution in [0.3, 0.4) is 0 Å². The molecule has 3 fully saturated rings. The first kappa shape index (κ1) is 34.1. The van der Waals surface area contributed by atoms with Gasteiger partial charge in [-0.3, -0.25) is 15.5 Å². The third-order valence-corrected chi connectivity index (χ3v) is 12.0. The summed E-state index contributed by atoms with van der Waals surface area (Å²) in [5.41, 5.74) is 7.00. The van der Waals surface area contributed by atoms with Crippen molar-refractivity contribution in [3.05, 3.63) is 83.4 Å². The van der Waals surface area contributed by atoms with Crippen molar-refractivity contribution in [3.8, 4) is 11.1 Å². The Balaban J connectivity index is 1.32. The predicted molar refractivity (Wildman–Crippen MR) is 187 cm³/mol. The van der Waals surface area contributed by atoms with E-state index in [1.54, 1.807) is 6.33 Å². The van der Waals surface area contributed by atoms with Crippen LogP contribution in [0.4, 0.5) is 0 Å². The number of fused-ring (bicyclic) bond motifs is 4. The number of ether oxygens (including phenoxy) is 1. The van der Waals surface area contributed by atoms with Crippen molar-refractivity contribution < 1.29 is 13.2 Å². The van der Waals surface area contributed by atoms with Crippen LogP contribution in [0.1, 0.15) is 87.6 Å². The van der Waals surface area contributed by atoms with Crippen molar-refractivity contribution in [2.45, 2.75) is 110 Å². The van der Waals surface area contributed by atoms with Gasteiger partial charge in [-0.15, -0.1) is 0 Å². The molecular formula is C37H52N6O3S. The van der Waals surface area contributed by atoms with Gasteiger partial charge < -0.3 is 4.74 Å². The van der Waals surface area contributed by atoms with Crippen LogP contribution in [0.25, 0.3) is 11.1 Å². The number of nitrogens with one attached hydrogen (secondary N) is 3. The first-order valence-corrected chi connectivity index (χ1v) is 18.8. The van der Waals surface area contributed by atoms with E-state index in [1.165, 1.54) is 22.3 Å². The number of aromatic nitrogens is 2. The lowest BCUT2D eigenvalue weighted by Gasteiger charge is -2.41. The van der Waals surface area contributed by atoms with Crippen LogP contribution in [0, 0.1) is 25.2 Å². The largest absolute Gasteiger partial charge is 0.362 e. The molecule has 3 heterocycles. The second-order valence-electron chi connectivity index (χ2n) is 15.2. The van der Waals surface area contributed by atoms with E-state index in [1.807, 2.05) is 12.4 Å². The molecule has 2 aliphatic heterocycles. The van der Waals surface area contributed by atoms with Gasteiger partial charge in [0.15, 0.2) is 0 Å². The maximum absolute atomic E-state index is 13.9. The van der Waals surface area contributed by atoms with E-state index in [4.69, 9.17) is 4.74 Å². The van der Waals surface area contributed by atoms with Crippen LogP contribution in [-0.2, 0) is 21.3 Å². The standard InChI is InChI=1S/C37H52N6O3S/c1-25-8-6-9-26(2)35(25)33-17-34-41-36(40-33)42-47(44,45)32-11-7-10-28(16-32)22-43(31(23-46-34)18-37(3,4)5)21-27-12-14-29(15-13-27)30-19-38-24-39-20-30/h6,8-9,12-15,19-20,24,28,31-34,36,40-42H,7,10-11,16-18,21-23H2,1-5H3/t28?,31-,32?,33?,34?,36?/m1/s1. The SMILES string of the molecule is Cc1cccc(C)c1C1CC2NC(N1)NS(=O)(=O)C1CCCC(C1)CN(Cc1ccc(-c3cncnc3)cc1)[C@H](CC(C)(C)C)CO2. The molecule has 1 aliphatic carbocycles. The fourth-order valence-electron chi connectivity index (χ4n) is 7.88. The molecule has 3 aromatic rings. The number of hydrogen-bond acceptors (Lipinski definition) is 8. The fourth-order valence-corrected chi connectivity index (χ4v) is 9.54. The van der Waals surface area contributed by atoms with Gasteiger partial charge in [0.05, 0.1) is 11.9 Å². The van der Waals surface area contributed by atoms with Crippen molar-refractivity contribution in [1.82, 2.24) is 30.2 Å². The van der Waals surface area contributed by atoms with Gasteiger partial charge in [0.25, 0.3) is 0 Å². The Morgan fingerprint density at radius 1 is 0.936 bits per heavy atom. The van der Waals surface area contributed by atoms with E-state index in [0.29, 0.717) is 25.9 Å². The van der Waals surface area contributed by atoms with Gasteiger partial charge in [0, 0.05) is 49.6 Å². The van der Waals surface area contributed by atoms with E-state index < -0.39 is 21.6 Å². The zero-order valence-corrected chi connectivity index (χ0v) is 29.4. The van der Waals surface area contributed by atoms with Gasteiger partial charge >= 0.3 is 0 Å². The van der Waals surface area contributed by atoms with Crippen LogP contribution in [-0.4, -0.2) is 60.2 Å². The summed E-state index contributed by atoms with van der Waals surface area (Å²) in [6.45, 7) is 13.3. The minimum Gasteiger partial charge on any atom is -0.362 e. The summed E-state index contributed by atoms with van der Waals surface area (Å²) >= 11 is 0. The summed E-state index contributed by atoms with van der Waals surface area (Å²) in [6, 6.07) is 15.1. The van der Waals surface area contributed by atoms with Crippen molar-refractivity contribution >= 4 is 10.0 Å². The zero-order chi connectivity index (χ0) is 33.2. The topological polar surface area (TPSA) is 108 Å². The average Bonchev–Trinajstić information content (AvgIpc) is 3.03. The van der Waals surface area contributed by atoms with E-state index in [-0.39, 0.29) is 29.6 Å². The van der Waals surface area contributed by atoms with Gasteiger partial charge in [-0.2, -0.15) is 4.72 Å². The highest BCUT2D eigenvalue weighted by molar-refractivity contribution is 7.90. The van der Waals surface area contributed by atoms with E-state index >= 15 is 0 Å². The molecule has 0 radical (unpaired) electrons. The quantitative estimate of drug-likeness (QED) is 0.315. The summed E-state index contributed by atoms with van der Waals surface area (Å²) in [5.74, 6) is 0.289. The smallest absolute Gasteiger partial charge is 0.216 e. The van der Waals surface area contributed by atoms with E-state index in [2.05, 4.69) is 107 Å². The Morgan fingerprint density at radius 3 is 2.36 bits per heavy atom. The van der Waals surface area contributed by atoms with Gasteiger partial charge in [0.1, 0.15) is 18.8 Å². The van der Waals surface area contributed by atoms with Crippen LogP contribution >= 0.6 is 0 Å².